The maximum atomic E-state index is 12.9. The van der Waals surface area contributed by atoms with Crippen LogP contribution < -0.4 is 0 Å². The Labute approximate surface area is 426 Å². The van der Waals surface area contributed by atoms with Crippen LogP contribution in [-0.2, 0) is 28.6 Å². The largest absolute Gasteiger partial charge is 0.462 e. The fourth-order valence-electron chi connectivity index (χ4n) is 7.93. The fourth-order valence-corrected chi connectivity index (χ4v) is 7.93. The molecule has 1 atom stereocenters. The van der Waals surface area contributed by atoms with Gasteiger partial charge in [0.2, 0.25) is 0 Å². The van der Waals surface area contributed by atoms with Crippen molar-refractivity contribution in [2.24, 2.45) is 0 Å². The number of hydrogen-bond acceptors (Lipinski definition) is 6. The second kappa shape index (κ2) is 57.2. The molecule has 0 saturated carbocycles. The highest BCUT2D eigenvalue weighted by Gasteiger charge is 2.19. The van der Waals surface area contributed by atoms with Gasteiger partial charge in [-0.3, -0.25) is 14.4 Å². The summed E-state index contributed by atoms with van der Waals surface area (Å²) in [6, 6.07) is 0. The molecule has 0 aromatic heterocycles. The fraction of sp³-hybridized carbons (Fsp3) is 0.730. The smallest absolute Gasteiger partial charge is 0.306 e. The van der Waals surface area contributed by atoms with Gasteiger partial charge in [0.15, 0.2) is 6.10 Å². The van der Waals surface area contributed by atoms with E-state index in [-0.39, 0.29) is 37.5 Å². The second-order valence-electron chi connectivity index (χ2n) is 19.2. The maximum absolute atomic E-state index is 12.9. The van der Waals surface area contributed by atoms with Gasteiger partial charge in [-0.15, -0.1) is 0 Å². The molecule has 0 bridgehead atoms. The van der Waals surface area contributed by atoms with Crippen molar-refractivity contribution < 1.29 is 28.6 Å². The summed E-state index contributed by atoms with van der Waals surface area (Å²) >= 11 is 0. The van der Waals surface area contributed by atoms with Crippen molar-refractivity contribution in [3.05, 3.63) is 85.1 Å². The molecule has 396 valence electrons. The number of ether oxygens (including phenoxy) is 3. The van der Waals surface area contributed by atoms with E-state index in [1.807, 2.05) is 0 Å². The van der Waals surface area contributed by atoms with Crippen LogP contribution in [0, 0.1) is 0 Å². The van der Waals surface area contributed by atoms with E-state index < -0.39 is 6.10 Å². The first-order valence-electron chi connectivity index (χ1n) is 29.1. The molecule has 0 radical (unpaired) electrons. The summed E-state index contributed by atoms with van der Waals surface area (Å²) in [4.78, 5) is 38.1. The van der Waals surface area contributed by atoms with Crippen molar-refractivity contribution in [3.8, 4) is 0 Å². The number of carbonyl (C=O) groups is 3. The molecule has 0 unspecified atom stereocenters. The van der Waals surface area contributed by atoms with Crippen molar-refractivity contribution in [1.29, 1.82) is 0 Å². The second-order valence-corrected chi connectivity index (χ2v) is 19.2. The minimum absolute atomic E-state index is 0.103. The van der Waals surface area contributed by atoms with Gasteiger partial charge in [0.05, 0.1) is 0 Å². The predicted molar refractivity (Wildman–Crippen MR) is 297 cm³/mol. The first-order chi connectivity index (χ1) is 34.0. The molecule has 0 amide bonds. The van der Waals surface area contributed by atoms with Crippen LogP contribution in [0.4, 0.5) is 0 Å². The molecular weight excluding hydrogens is 853 g/mol. The molecule has 0 rings (SSSR count). The molecule has 6 nitrogen and oxygen atoms in total. The van der Waals surface area contributed by atoms with Crippen molar-refractivity contribution >= 4 is 17.9 Å². The lowest BCUT2D eigenvalue weighted by Crippen LogP contribution is -2.30. The number of carbonyl (C=O) groups excluding carboxylic acids is 3. The molecule has 0 aliphatic carbocycles. The highest BCUT2D eigenvalue weighted by Crippen LogP contribution is 2.14. The van der Waals surface area contributed by atoms with Crippen molar-refractivity contribution in [2.45, 2.75) is 284 Å². The Hall–Kier alpha value is -3.41. The van der Waals surface area contributed by atoms with E-state index >= 15 is 0 Å². The van der Waals surface area contributed by atoms with E-state index in [1.165, 1.54) is 148 Å². The number of rotatable bonds is 52. The van der Waals surface area contributed by atoms with Gasteiger partial charge in [-0.1, -0.05) is 228 Å². The molecule has 0 fully saturated rings. The third kappa shape index (κ3) is 55.4. The third-order valence-electron chi connectivity index (χ3n) is 12.3. The molecule has 0 aromatic rings. The van der Waals surface area contributed by atoms with Gasteiger partial charge in [-0.25, -0.2) is 0 Å². The average molecular weight is 962 g/mol. The van der Waals surface area contributed by atoms with Crippen molar-refractivity contribution in [2.75, 3.05) is 13.2 Å². The van der Waals surface area contributed by atoms with Gasteiger partial charge in [0, 0.05) is 19.3 Å². The van der Waals surface area contributed by atoms with Crippen LogP contribution in [0.1, 0.15) is 278 Å². The summed E-state index contributed by atoms with van der Waals surface area (Å²) in [5.41, 5.74) is 0. The standard InChI is InChI=1S/C63H108O6/c1-4-7-10-13-16-19-22-25-28-31-34-37-40-43-46-49-52-55-61(64)67-58-60(69-63(66)57-54-51-48-45-42-39-36-33-30-27-24-21-18-15-12-9-6-3)59-68-62(65)56-53-50-47-44-41-38-35-32-29-26-23-20-17-14-11-8-5-2/h18,21,25-30,34,36-37,39,43,46,60H,4-17,19-20,22-24,31-33,35,38,40-42,44-45,47-59H2,1-3H3/b21-18-,28-25-,29-26-,30-27-,37-34-,39-36-,46-43-/t60-/m1/s1. The van der Waals surface area contributed by atoms with Gasteiger partial charge >= 0.3 is 17.9 Å². The molecule has 69 heavy (non-hydrogen) atoms. The monoisotopic (exact) mass is 961 g/mol. The summed E-state index contributed by atoms with van der Waals surface area (Å²) in [6.07, 6.45) is 74.3. The van der Waals surface area contributed by atoms with E-state index in [0.29, 0.717) is 19.3 Å². The Morgan fingerprint density at radius 3 is 0.913 bits per heavy atom. The van der Waals surface area contributed by atoms with Crippen LogP contribution >= 0.6 is 0 Å². The molecule has 0 aliphatic heterocycles. The van der Waals surface area contributed by atoms with E-state index in [1.54, 1.807) is 0 Å². The SMILES string of the molecule is CCCCC/C=C\C/C=C\C/C=C\CCCCCCC(=O)O[C@H](COC(=O)CCC/C=C\C/C=C\C/C=C\CCCCCCCC)COC(=O)CCCCCCCCC/C=C\CCCCCCCC. The normalized spacial score (nSPS) is 12.7. The van der Waals surface area contributed by atoms with Gasteiger partial charge < -0.3 is 14.2 Å². The number of unbranched alkanes of at least 4 members (excludes halogenated alkanes) is 27. The van der Waals surface area contributed by atoms with E-state index in [9.17, 15) is 14.4 Å². The third-order valence-corrected chi connectivity index (χ3v) is 12.3. The van der Waals surface area contributed by atoms with Gasteiger partial charge in [-0.2, -0.15) is 0 Å². The van der Waals surface area contributed by atoms with E-state index in [0.717, 1.165) is 83.5 Å². The van der Waals surface area contributed by atoms with Gasteiger partial charge in [-0.05, 0) is 116 Å². The highest BCUT2D eigenvalue weighted by molar-refractivity contribution is 5.71. The molecule has 0 N–H and O–H groups in total. The Morgan fingerprint density at radius 2 is 0.536 bits per heavy atom. The summed E-state index contributed by atoms with van der Waals surface area (Å²) in [6.45, 7) is 6.55. The van der Waals surface area contributed by atoms with Crippen molar-refractivity contribution in [3.63, 3.8) is 0 Å². The summed E-state index contributed by atoms with van der Waals surface area (Å²) < 4.78 is 16.8. The molecule has 6 heteroatoms. The molecular formula is C63H108O6. The summed E-state index contributed by atoms with van der Waals surface area (Å²) in [5.74, 6) is -0.979. The molecule has 0 aliphatic rings. The first-order valence-corrected chi connectivity index (χ1v) is 29.1. The number of esters is 3. The van der Waals surface area contributed by atoms with Crippen molar-refractivity contribution in [1.82, 2.24) is 0 Å². The zero-order chi connectivity index (χ0) is 50.0. The van der Waals surface area contributed by atoms with Crippen LogP contribution in [0.2, 0.25) is 0 Å². The lowest BCUT2D eigenvalue weighted by molar-refractivity contribution is -0.167. The van der Waals surface area contributed by atoms with Crippen LogP contribution in [0.3, 0.4) is 0 Å². The Kier molecular flexibility index (Phi) is 54.3. The number of allylic oxidation sites excluding steroid dienone is 14. The first kappa shape index (κ1) is 65.6. The Bertz CT molecular complexity index is 1330. The molecule has 0 spiro atoms. The van der Waals surface area contributed by atoms with E-state index in [2.05, 4.69) is 106 Å². The zero-order valence-electron chi connectivity index (χ0n) is 45.3. The Morgan fingerprint density at radius 1 is 0.290 bits per heavy atom. The summed E-state index contributed by atoms with van der Waals surface area (Å²) in [7, 11) is 0. The molecule has 0 aromatic carbocycles. The number of hydrogen-bond donors (Lipinski definition) is 0. The van der Waals surface area contributed by atoms with Crippen LogP contribution in [-0.4, -0.2) is 37.2 Å². The highest BCUT2D eigenvalue weighted by atomic mass is 16.6. The van der Waals surface area contributed by atoms with Crippen LogP contribution in [0.15, 0.2) is 85.1 Å². The lowest BCUT2D eigenvalue weighted by atomic mass is 10.1. The van der Waals surface area contributed by atoms with Crippen LogP contribution in [0.5, 0.6) is 0 Å². The Balaban J connectivity index is 4.50. The maximum Gasteiger partial charge on any atom is 0.306 e. The summed E-state index contributed by atoms with van der Waals surface area (Å²) in [5, 5.41) is 0. The van der Waals surface area contributed by atoms with E-state index in [4.69, 9.17) is 14.2 Å². The average Bonchev–Trinajstić information content (AvgIpc) is 3.35. The predicted octanol–water partition coefficient (Wildman–Crippen LogP) is 19.5. The van der Waals surface area contributed by atoms with Gasteiger partial charge in [0.25, 0.3) is 0 Å². The molecule has 0 heterocycles. The van der Waals surface area contributed by atoms with Gasteiger partial charge in [0.1, 0.15) is 13.2 Å². The lowest BCUT2D eigenvalue weighted by Gasteiger charge is -2.18. The minimum atomic E-state index is -0.811. The van der Waals surface area contributed by atoms with Crippen LogP contribution in [0.25, 0.3) is 0 Å². The topological polar surface area (TPSA) is 78.9 Å². The molecule has 0 saturated heterocycles. The minimum Gasteiger partial charge on any atom is -0.462 e. The quantitative estimate of drug-likeness (QED) is 0.0262. The zero-order valence-corrected chi connectivity index (χ0v) is 45.3.